The molecule has 2 heterocycles. The Morgan fingerprint density at radius 2 is 1.38 bits per heavy atom. The fourth-order valence-electron chi connectivity index (χ4n) is 7.79. The summed E-state index contributed by atoms with van der Waals surface area (Å²) in [6.45, 7) is 0.102. The van der Waals surface area contributed by atoms with Gasteiger partial charge in [-0.2, -0.15) is 0 Å². The van der Waals surface area contributed by atoms with Gasteiger partial charge in [-0.1, -0.05) is 66.2 Å². The summed E-state index contributed by atoms with van der Waals surface area (Å²) in [4.78, 5) is 57.1. The third-order valence-corrected chi connectivity index (χ3v) is 9.87. The van der Waals surface area contributed by atoms with E-state index < -0.39 is 23.7 Å². The maximum absolute atomic E-state index is 14.1. The molecule has 3 amide bonds. The molecule has 45 heavy (non-hydrogen) atoms. The van der Waals surface area contributed by atoms with Gasteiger partial charge in [0.15, 0.2) is 0 Å². The lowest BCUT2D eigenvalue weighted by molar-refractivity contribution is -0.139. The van der Waals surface area contributed by atoms with E-state index in [1.54, 1.807) is 42.5 Å². The largest absolute Gasteiger partial charge is 0.495 e. The number of esters is 1. The molecule has 9 rings (SSSR count). The van der Waals surface area contributed by atoms with Crippen molar-refractivity contribution in [2.45, 2.75) is 18.3 Å². The zero-order chi connectivity index (χ0) is 31.0. The molecule has 3 aliphatic carbocycles. The van der Waals surface area contributed by atoms with Crippen LogP contribution in [0.3, 0.4) is 0 Å². The van der Waals surface area contributed by atoms with Crippen LogP contribution in [-0.4, -0.2) is 37.3 Å². The number of benzene rings is 4. The normalized spacial score (nSPS) is 24.4. The van der Waals surface area contributed by atoms with Gasteiger partial charge in [0.05, 0.1) is 36.2 Å². The highest BCUT2D eigenvalue weighted by atomic mass is 35.5. The summed E-state index contributed by atoms with van der Waals surface area (Å²) in [6, 6.07) is 27.6. The standard InChI is InChI=1S/C36H27ClN2O6/c1-44-28-14-13-20(37)16-27(28)38-18-19(15-29(38)40)36(43)45-22-8-6-7-21(17-22)39-34(41)32-30-23-9-2-3-10-24(23)31(33(32)35(39)42)26-12-5-4-11-25(26)30/h2-14,16-17,19,30-33H,15,18H2,1H3/t19-,30?,31?,32-,33+/m1/s1. The Kier molecular flexibility index (Phi) is 6.32. The monoisotopic (exact) mass is 618 g/mol. The zero-order valence-corrected chi connectivity index (χ0v) is 24.9. The highest BCUT2D eigenvalue weighted by Gasteiger charge is 2.61. The van der Waals surface area contributed by atoms with Crippen LogP contribution in [0.25, 0.3) is 0 Å². The summed E-state index contributed by atoms with van der Waals surface area (Å²) in [7, 11) is 1.50. The summed E-state index contributed by atoms with van der Waals surface area (Å²) < 4.78 is 11.1. The van der Waals surface area contributed by atoms with E-state index in [9.17, 15) is 19.2 Å². The van der Waals surface area contributed by atoms with E-state index in [-0.39, 0.29) is 48.3 Å². The van der Waals surface area contributed by atoms with Crippen LogP contribution in [-0.2, 0) is 19.2 Å². The minimum absolute atomic E-state index is 0.0372. The SMILES string of the molecule is COc1ccc(Cl)cc1N1C[C@H](C(=O)Oc2cccc(N3C(=O)[C@@H]4C5c6ccccc6C(c6ccccc65)[C@@H]4C3=O)c2)CC1=O. The summed E-state index contributed by atoms with van der Waals surface area (Å²) in [5.41, 5.74) is 5.24. The van der Waals surface area contributed by atoms with Crippen LogP contribution in [0.2, 0.25) is 5.02 Å². The Bertz CT molecular complexity index is 1820. The predicted octanol–water partition coefficient (Wildman–Crippen LogP) is 5.70. The van der Waals surface area contributed by atoms with Crippen LogP contribution in [0, 0.1) is 17.8 Å². The van der Waals surface area contributed by atoms with Crippen LogP contribution in [0.15, 0.2) is 91.0 Å². The van der Waals surface area contributed by atoms with E-state index in [1.807, 2.05) is 24.3 Å². The smallest absolute Gasteiger partial charge is 0.316 e. The number of hydrogen-bond donors (Lipinski definition) is 0. The molecule has 2 aliphatic heterocycles. The van der Waals surface area contributed by atoms with Gasteiger partial charge in [-0.15, -0.1) is 0 Å². The molecule has 0 radical (unpaired) electrons. The van der Waals surface area contributed by atoms with E-state index in [0.717, 1.165) is 22.3 Å². The van der Waals surface area contributed by atoms with Gasteiger partial charge in [0.1, 0.15) is 11.5 Å². The van der Waals surface area contributed by atoms with Crippen LogP contribution in [0.4, 0.5) is 11.4 Å². The summed E-state index contributed by atoms with van der Waals surface area (Å²) in [5.74, 6) is -2.86. The van der Waals surface area contributed by atoms with Gasteiger partial charge in [-0.3, -0.25) is 19.2 Å². The molecular weight excluding hydrogens is 592 g/mol. The van der Waals surface area contributed by atoms with E-state index in [2.05, 4.69) is 24.3 Å². The molecule has 2 bridgehead atoms. The first-order chi connectivity index (χ1) is 21.9. The molecule has 0 spiro atoms. The molecule has 2 saturated heterocycles. The van der Waals surface area contributed by atoms with Crippen LogP contribution in [0.5, 0.6) is 11.5 Å². The van der Waals surface area contributed by atoms with Crippen molar-refractivity contribution >= 4 is 46.7 Å². The van der Waals surface area contributed by atoms with Crippen molar-refractivity contribution in [1.29, 1.82) is 0 Å². The van der Waals surface area contributed by atoms with Crippen LogP contribution in [0.1, 0.15) is 40.5 Å². The molecule has 5 aliphatic rings. The first-order valence-electron chi connectivity index (χ1n) is 14.9. The summed E-state index contributed by atoms with van der Waals surface area (Å²) in [5, 5.41) is 0.438. The Morgan fingerprint density at radius 1 is 0.778 bits per heavy atom. The molecule has 9 heteroatoms. The molecule has 0 aromatic heterocycles. The first kappa shape index (κ1) is 27.6. The average molecular weight is 619 g/mol. The topological polar surface area (TPSA) is 93.2 Å². The number of anilines is 2. The molecule has 0 unspecified atom stereocenters. The van der Waals surface area contributed by atoms with Crippen LogP contribution < -0.4 is 19.3 Å². The fourth-order valence-corrected chi connectivity index (χ4v) is 7.96. The number of methoxy groups -OCH3 is 1. The molecule has 2 fully saturated rings. The van der Waals surface area contributed by atoms with E-state index in [1.165, 1.54) is 16.9 Å². The number of hydrogen-bond acceptors (Lipinski definition) is 6. The maximum atomic E-state index is 14.1. The van der Waals surface area contributed by atoms with Gasteiger partial charge in [0, 0.05) is 35.9 Å². The van der Waals surface area contributed by atoms with Crippen molar-refractivity contribution in [3.63, 3.8) is 0 Å². The number of nitrogens with zero attached hydrogens (tertiary/aromatic N) is 2. The van der Waals surface area contributed by atoms with E-state index in [0.29, 0.717) is 22.1 Å². The minimum atomic E-state index is -0.726. The quantitative estimate of drug-likeness (QED) is 0.162. The van der Waals surface area contributed by atoms with Gasteiger partial charge in [0.2, 0.25) is 17.7 Å². The number of rotatable bonds is 5. The fraction of sp³-hybridized carbons (Fsp3) is 0.222. The number of amides is 3. The van der Waals surface area contributed by atoms with Crippen molar-refractivity contribution in [2.75, 3.05) is 23.5 Å². The molecule has 3 atom stereocenters. The average Bonchev–Trinajstić information content (AvgIpc) is 3.57. The van der Waals surface area contributed by atoms with Gasteiger partial charge in [-0.25, -0.2) is 4.90 Å². The number of halogens is 1. The third kappa shape index (κ3) is 4.12. The molecule has 4 aromatic carbocycles. The first-order valence-corrected chi connectivity index (χ1v) is 15.2. The Morgan fingerprint density at radius 3 is 1.96 bits per heavy atom. The van der Waals surface area contributed by atoms with Gasteiger partial charge in [0.25, 0.3) is 0 Å². The van der Waals surface area contributed by atoms with Crippen molar-refractivity contribution in [1.82, 2.24) is 0 Å². The Balaban J connectivity index is 1.05. The lowest BCUT2D eigenvalue weighted by atomic mass is 9.55. The molecular formula is C36H27ClN2O6. The number of carbonyl (C=O) groups is 4. The van der Waals surface area contributed by atoms with Crippen molar-refractivity contribution in [2.24, 2.45) is 17.8 Å². The highest BCUT2D eigenvalue weighted by Crippen LogP contribution is 2.61. The van der Waals surface area contributed by atoms with Gasteiger partial charge >= 0.3 is 5.97 Å². The van der Waals surface area contributed by atoms with Crippen LogP contribution >= 0.6 is 11.6 Å². The molecule has 0 N–H and O–H groups in total. The second-order valence-corrected chi connectivity index (χ2v) is 12.4. The molecule has 8 nitrogen and oxygen atoms in total. The Hall–Kier alpha value is -4.95. The zero-order valence-electron chi connectivity index (χ0n) is 24.2. The molecule has 224 valence electrons. The summed E-state index contributed by atoms with van der Waals surface area (Å²) in [6.07, 6.45) is -0.0372. The molecule has 4 aromatic rings. The van der Waals surface area contributed by atoms with Crippen molar-refractivity contribution in [3.8, 4) is 11.5 Å². The van der Waals surface area contributed by atoms with Gasteiger partial charge in [-0.05, 0) is 52.6 Å². The minimum Gasteiger partial charge on any atom is -0.495 e. The Labute approximate surface area is 264 Å². The van der Waals surface area contributed by atoms with Crippen molar-refractivity contribution < 1.29 is 28.7 Å². The third-order valence-electron chi connectivity index (χ3n) is 9.63. The number of imide groups is 1. The number of ether oxygens (including phenoxy) is 2. The number of carbonyl (C=O) groups excluding carboxylic acids is 4. The van der Waals surface area contributed by atoms with Crippen molar-refractivity contribution in [3.05, 3.63) is 118 Å². The maximum Gasteiger partial charge on any atom is 0.316 e. The lowest BCUT2D eigenvalue weighted by Gasteiger charge is -2.45. The predicted molar refractivity (Wildman–Crippen MR) is 167 cm³/mol. The van der Waals surface area contributed by atoms with E-state index in [4.69, 9.17) is 21.1 Å². The molecule has 0 saturated carbocycles. The van der Waals surface area contributed by atoms with E-state index >= 15 is 0 Å². The lowest BCUT2D eigenvalue weighted by Crippen LogP contribution is -2.41. The van der Waals surface area contributed by atoms with Gasteiger partial charge < -0.3 is 14.4 Å². The highest BCUT2D eigenvalue weighted by molar-refractivity contribution is 6.31. The second kappa shape index (κ2) is 10.3. The second-order valence-electron chi connectivity index (χ2n) is 11.9. The summed E-state index contributed by atoms with van der Waals surface area (Å²) >= 11 is 6.16.